The van der Waals surface area contributed by atoms with Gasteiger partial charge in [-0.1, -0.05) is 48.5 Å². The summed E-state index contributed by atoms with van der Waals surface area (Å²) in [5.41, 5.74) is 6.03. The number of carbonyl (C=O) groups is 3. The molecule has 0 saturated heterocycles. The van der Waals surface area contributed by atoms with E-state index in [0.717, 1.165) is 11.1 Å². The van der Waals surface area contributed by atoms with Crippen molar-refractivity contribution in [2.75, 3.05) is 18.5 Å². The van der Waals surface area contributed by atoms with Gasteiger partial charge in [0, 0.05) is 24.1 Å². The van der Waals surface area contributed by atoms with Crippen LogP contribution in [0.1, 0.15) is 39.4 Å². The molecule has 1 saturated carbocycles. The Morgan fingerprint density at radius 3 is 2.26 bits per heavy atom. The molecule has 3 aromatic rings. The zero-order chi connectivity index (χ0) is 24.5. The van der Waals surface area contributed by atoms with E-state index in [1.807, 2.05) is 24.3 Å². The molecule has 0 radical (unpaired) electrons. The highest BCUT2D eigenvalue weighted by molar-refractivity contribution is 5.96. The summed E-state index contributed by atoms with van der Waals surface area (Å²) in [5, 5.41) is 14.8. The average Bonchev–Trinajstić information content (AvgIpc) is 3.56. The van der Waals surface area contributed by atoms with E-state index in [0.29, 0.717) is 24.2 Å². The SMILES string of the molecule is Cc1cc(NC(=O)[C@H]2C[C@H]2CNC(=O)OCC2c3ccccc3-c3ccccc32)ccc1C(=O)O. The first-order valence-electron chi connectivity index (χ1n) is 11.7. The number of rotatable bonds is 7. The van der Waals surface area contributed by atoms with Crippen LogP contribution in [0.4, 0.5) is 10.5 Å². The van der Waals surface area contributed by atoms with Crippen molar-refractivity contribution in [2.45, 2.75) is 19.3 Å². The van der Waals surface area contributed by atoms with Gasteiger partial charge in [0.2, 0.25) is 5.91 Å². The summed E-state index contributed by atoms with van der Waals surface area (Å²) >= 11 is 0. The number of hydrogen-bond donors (Lipinski definition) is 3. The Balaban J connectivity index is 1.10. The van der Waals surface area contributed by atoms with Crippen molar-refractivity contribution >= 4 is 23.7 Å². The van der Waals surface area contributed by atoms with Crippen molar-refractivity contribution in [1.29, 1.82) is 0 Å². The maximum atomic E-state index is 12.5. The van der Waals surface area contributed by atoms with Gasteiger partial charge in [-0.05, 0) is 65.3 Å². The quantitative estimate of drug-likeness (QED) is 0.460. The number of fused-ring (bicyclic) bond motifs is 3. The first kappa shape index (κ1) is 22.7. The Morgan fingerprint density at radius 1 is 0.971 bits per heavy atom. The molecule has 2 aliphatic rings. The molecular weight excluding hydrogens is 444 g/mol. The molecule has 0 unspecified atom stereocenters. The number of alkyl carbamates (subject to hydrolysis) is 1. The third kappa shape index (κ3) is 4.62. The van der Waals surface area contributed by atoms with Gasteiger partial charge in [0.1, 0.15) is 6.61 Å². The van der Waals surface area contributed by atoms with Gasteiger partial charge in [-0.25, -0.2) is 9.59 Å². The molecule has 0 aliphatic heterocycles. The molecule has 7 heteroatoms. The van der Waals surface area contributed by atoms with Crippen LogP contribution in [0.25, 0.3) is 11.1 Å². The predicted octanol–water partition coefficient (Wildman–Crippen LogP) is 4.81. The van der Waals surface area contributed by atoms with E-state index in [1.54, 1.807) is 19.1 Å². The van der Waals surface area contributed by atoms with Crippen LogP contribution >= 0.6 is 0 Å². The number of benzene rings is 3. The third-order valence-electron chi connectivity index (χ3n) is 6.84. The summed E-state index contributed by atoms with van der Waals surface area (Å²) in [6.07, 6.45) is 0.194. The summed E-state index contributed by atoms with van der Waals surface area (Å²) in [4.78, 5) is 36.0. The minimum absolute atomic E-state index is 0.00331. The lowest BCUT2D eigenvalue weighted by atomic mass is 9.98. The van der Waals surface area contributed by atoms with E-state index in [1.165, 1.54) is 17.2 Å². The lowest BCUT2D eigenvalue weighted by Crippen LogP contribution is -2.29. The summed E-state index contributed by atoms with van der Waals surface area (Å²) in [7, 11) is 0. The summed E-state index contributed by atoms with van der Waals surface area (Å²) in [5.74, 6) is -1.27. The molecule has 1 fully saturated rings. The highest BCUT2D eigenvalue weighted by Gasteiger charge is 2.43. The largest absolute Gasteiger partial charge is 0.478 e. The molecular formula is C28H26N2O5. The highest BCUT2D eigenvalue weighted by Crippen LogP contribution is 2.44. The molecule has 178 valence electrons. The molecule has 0 aromatic heterocycles. The highest BCUT2D eigenvalue weighted by atomic mass is 16.5. The standard InChI is InChI=1S/C28H26N2O5/c1-16-12-18(10-11-19(16)27(32)33)30-26(31)24-13-17(24)14-29-28(34)35-15-25-22-8-4-2-6-20(22)21-7-3-5-9-23(21)25/h2-12,17,24-25H,13-15H2,1H3,(H,29,34)(H,30,31)(H,32,33)/t17-,24-/m0/s1. The van der Waals surface area contributed by atoms with Gasteiger partial charge >= 0.3 is 12.1 Å². The van der Waals surface area contributed by atoms with Gasteiger partial charge in [0.15, 0.2) is 0 Å². The van der Waals surface area contributed by atoms with Crippen molar-refractivity contribution < 1.29 is 24.2 Å². The van der Waals surface area contributed by atoms with E-state index in [-0.39, 0.29) is 35.8 Å². The topological polar surface area (TPSA) is 105 Å². The van der Waals surface area contributed by atoms with E-state index in [9.17, 15) is 14.4 Å². The maximum absolute atomic E-state index is 12.5. The van der Waals surface area contributed by atoms with E-state index in [4.69, 9.17) is 9.84 Å². The average molecular weight is 471 g/mol. The van der Waals surface area contributed by atoms with Crippen LogP contribution in [-0.2, 0) is 9.53 Å². The Kier molecular flexibility index (Phi) is 5.99. The van der Waals surface area contributed by atoms with Gasteiger partial charge in [0.25, 0.3) is 0 Å². The second kappa shape index (κ2) is 9.25. The molecule has 7 nitrogen and oxygen atoms in total. The Labute approximate surface area is 203 Å². The second-order valence-corrected chi connectivity index (χ2v) is 9.13. The number of hydrogen-bond acceptors (Lipinski definition) is 4. The number of nitrogens with one attached hydrogen (secondary N) is 2. The molecule has 0 spiro atoms. The molecule has 2 aliphatic carbocycles. The first-order chi connectivity index (χ1) is 16.9. The fourth-order valence-electron chi connectivity index (χ4n) is 4.87. The predicted molar refractivity (Wildman–Crippen MR) is 131 cm³/mol. The minimum atomic E-state index is -0.998. The molecule has 0 bridgehead atoms. The number of ether oxygens (including phenoxy) is 1. The smallest absolute Gasteiger partial charge is 0.407 e. The van der Waals surface area contributed by atoms with Crippen molar-refractivity contribution in [1.82, 2.24) is 5.32 Å². The maximum Gasteiger partial charge on any atom is 0.407 e. The number of anilines is 1. The first-order valence-corrected chi connectivity index (χ1v) is 11.7. The zero-order valence-corrected chi connectivity index (χ0v) is 19.3. The Hall–Kier alpha value is -4.13. The lowest BCUT2D eigenvalue weighted by molar-refractivity contribution is -0.117. The van der Waals surface area contributed by atoms with Crippen LogP contribution in [-0.4, -0.2) is 36.2 Å². The monoisotopic (exact) mass is 470 g/mol. The second-order valence-electron chi connectivity index (χ2n) is 9.13. The molecule has 2 atom stereocenters. The number of aromatic carboxylic acids is 1. The minimum Gasteiger partial charge on any atom is -0.478 e. The van der Waals surface area contributed by atoms with Crippen molar-refractivity contribution in [3.8, 4) is 11.1 Å². The lowest BCUT2D eigenvalue weighted by Gasteiger charge is -2.14. The van der Waals surface area contributed by atoms with Crippen LogP contribution in [0.2, 0.25) is 0 Å². The number of carboxylic acids is 1. The molecule has 2 amide bonds. The summed E-state index contributed by atoms with van der Waals surface area (Å²) in [6.45, 7) is 2.31. The number of aryl methyl sites for hydroxylation is 1. The van der Waals surface area contributed by atoms with Crippen LogP contribution in [0.3, 0.4) is 0 Å². The van der Waals surface area contributed by atoms with Crippen LogP contribution in [0.15, 0.2) is 66.7 Å². The summed E-state index contributed by atoms with van der Waals surface area (Å²) in [6, 6.07) is 21.1. The van der Waals surface area contributed by atoms with E-state index in [2.05, 4.69) is 34.9 Å². The van der Waals surface area contributed by atoms with Crippen molar-refractivity contribution in [3.05, 3.63) is 89.0 Å². The van der Waals surface area contributed by atoms with Gasteiger partial charge in [-0.15, -0.1) is 0 Å². The third-order valence-corrected chi connectivity index (χ3v) is 6.84. The van der Waals surface area contributed by atoms with E-state index >= 15 is 0 Å². The van der Waals surface area contributed by atoms with Gasteiger partial charge in [-0.3, -0.25) is 4.79 Å². The van der Waals surface area contributed by atoms with Crippen molar-refractivity contribution in [3.63, 3.8) is 0 Å². The fraction of sp³-hybridized carbons (Fsp3) is 0.250. The molecule has 35 heavy (non-hydrogen) atoms. The van der Waals surface area contributed by atoms with Crippen LogP contribution in [0, 0.1) is 18.8 Å². The number of carbonyl (C=O) groups excluding carboxylic acids is 2. The Morgan fingerprint density at radius 2 is 1.63 bits per heavy atom. The van der Waals surface area contributed by atoms with Crippen LogP contribution < -0.4 is 10.6 Å². The summed E-state index contributed by atoms with van der Waals surface area (Å²) < 4.78 is 5.55. The van der Waals surface area contributed by atoms with Gasteiger partial charge < -0.3 is 20.5 Å². The Bertz CT molecular complexity index is 1270. The molecule has 3 N–H and O–H groups in total. The van der Waals surface area contributed by atoms with Crippen molar-refractivity contribution in [2.24, 2.45) is 11.8 Å². The van der Waals surface area contributed by atoms with Gasteiger partial charge in [-0.2, -0.15) is 0 Å². The zero-order valence-electron chi connectivity index (χ0n) is 19.3. The normalized spacial score (nSPS) is 17.7. The number of carboxylic acid groups (broad SMARTS) is 1. The van der Waals surface area contributed by atoms with E-state index < -0.39 is 12.1 Å². The molecule has 5 rings (SSSR count). The fourth-order valence-corrected chi connectivity index (χ4v) is 4.87. The molecule has 3 aromatic carbocycles. The molecule has 0 heterocycles. The van der Waals surface area contributed by atoms with Crippen LogP contribution in [0.5, 0.6) is 0 Å². The van der Waals surface area contributed by atoms with Gasteiger partial charge in [0.05, 0.1) is 5.56 Å². The number of amides is 2.